The lowest BCUT2D eigenvalue weighted by atomic mass is 10.3. The van der Waals surface area contributed by atoms with E-state index < -0.39 is 0 Å². The van der Waals surface area contributed by atoms with Crippen LogP contribution in [0.15, 0.2) is 24.3 Å². The molecule has 1 aromatic rings. The molecule has 4 heteroatoms. The number of amides is 1. The standard InChI is InChI=1S/C10H11ClN2O/c11-8-3-1-2-4-9(8)13-6-7(12)5-10(13)14/h1-4,7H,5-6,12H2/t7-/m0/s1. The van der Waals surface area contributed by atoms with Crippen molar-refractivity contribution in [1.82, 2.24) is 0 Å². The van der Waals surface area contributed by atoms with Gasteiger partial charge in [0.05, 0.1) is 10.7 Å². The van der Waals surface area contributed by atoms with Crippen molar-refractivity contribution in [2.75, 3.05) is 11.4 Å². The molecule has 2 rings (SSSR count). The zero-order valence-corrected chi connectivity index (χ0v) is 8.37. The first kappa shape index (κ1) is 9.49. The molecule has 0 unspecified atom stereocenters. The quantitative estimate of drug-likeness (QED) is 0.762. The lowest BCUT2D eigenvalue weighted by molar-refractivity contribution is -0.117. The highest BCUT2D eigenvalue weighted by atomic mass is 35.5. The summed E-state index contributed by atoms with van der Waals surface area (Å²) in [5.41, 5.74) is 6.45. The predicted octanol–water partition coefficient (Wildman–Crippen LogP) is 1.40. The summed E-state index contributed by atoms with van der Waals surface area (Å²) in [5, 5.41) is 0.593. The number of nitrogens with two attached hydrogens (primary N) is 1. The first-order valence-corrected chi connectivity index (χ1v) is 4.87. The summed E-state index contributed by atoms with van der Waals surface area (Å²) in [5.74, 6) is 0.0469. The van der Waals surface area contributed by atoms with Crippen molar-refractivity contribution < 1.29 is 4.79 Å². The fourth-order valence-electron chi connectivity index (χ4n) is 1.64. The van der Waals surface area contributed by atoms with Gasteiger partial charge >= 0.3 is 0 Å². The predicted molar refractivity (Wildman–Crippen MR) is 56.4 cm³/mol. The first-order chi connectivity index (χ1) is 6.68. The second-order valence-corrected chi connectivity index (χ2v) is 3.83. The number of rotatable bonds is 1. The van der Waals surface area contributed by atoms with E-state index in [1.165, 1.54) is 0 Å². The largest absolute Gasteiger partial charge is 0.326 e. The molecule has 3 nitrogen and oxygen atoms in total. The summed E-state index contributed by atoms with van der Waals surface area (Å²) in [6.07, 6.45) is 0.408. The molecule has 1 saturated heterocycles. The van der Waals surface area contributed by atoms with Gasteiger partial charge in [0, 0.05) is 19.0 Å². The number of hydrogen-bond donors (Lipinski definition) is 1. The van der Waals surface area contributed by atoms with E-state index in [1.54, 1.807) is 11.0 Å². The van der Waals surface area contributed by atoms with Gasteiger partial charge in [0.15, 0.2) is 0 Å². The summed E-state index contributed by atoms with van der Waals surface area (Å²) < 4.78 is 0. The topological polar surface area (TPSA) is 46.3 Å². The van der Waals surface area contributed by atoms with Crippen molar-refractivity contribution in [1.29, 1.82) is 0 Å². The average molecular weight is 211 g/mol. The van der Waals surface area contributed by atoms with Crippen LogP contribution in [0.1, 0.15) is 6.42 Å². The van der Waals surface area contributed by atoms with Crippen molar-refractivity contribution in [3.05, 3.63) is 29.3 Å². The number of benzene rings is 1. The Morgan fingerprint density at radius 2 is 2.14 bits per heavy atom. The molecule has 0 aromatic heterocycles. The van der Waals surface area contributed by atoms with Gasteiger partial charge in [-0.2, -0.15) is 0 Å². The van der Waals surface area contributed by atoms with E-state index >= 15 is 0 Å². The lowest BCUT2D eigenvalue weighted by Gasteiger charge is -2.17. The second kappa shape index (κ2) is 3.59. The van der Waals surface area contributed by atoms with E-state index in [1.807, 2.05) is 18.2 Å². The Morgan fingerprint density at radius 3 is 2.71 bits per heavy atom. The van der Waals surface area contributed by atoms with Crippen LogP contribution in [0, 0.1) is 0 Å². The maximum atomic E-state index is 11.5. The molecule has 0 saturated carbocycles. The maximum absolute atomic E-state index is 11.5. The fourth-order valence-corrected chi connectivity index (χ4v) is 1.88. The van der Waals surface area contributed by atoms with Gasteiger partial charge in [0.1, 0.15) is 0 Å². The van der Waals surface area contributed by atoms with Crippen LogP contribution in [0.25, 0.3) is 0 Å². The van der Waals surface area contributed by atoms with Crippen molar-refractivity contribution in [3.63, 3.8) is 0 Å². The summed E-state index contributed by atoms with van der Waals surface area (Å²) in [6, 6.07) is 7.23. The monoisotopic (exact) mass is 210 g/mol. The summed E-state index contributed by atoms with van der Waals surface area (Å²) in [6.45, 7) is 0.558. The van der Waals surface area contributed by atoms with E-state index in [9.17, 15) is 4.79 Å². The molecule has 0 aliphatic carbocycles. The third kappa shape index (κ3) is 1.61. The Morgan fingerprint density at radius 1 is 1.43 bits per heavy atom. The molecule has 1 heterocycles. The molecule has 74 valence electrons. The minimum absolute atomic E-state index is 0.0469. The normalized spacial score (nSPS) is 21.7. The molecule has 0 radical (unpaired) electrons. The van der Waals surface area contributed by atoms with Crippen LogP contribution in [-0.4, -0.2) is 18.5 Å². The molecule has 1 aliphatic rings. The van der Waals surface area contributed by atoms with Crippen LogP contribution in [0.2, 0.25) is 5.02 Å². The molecule has 1 fully saturated rings. The molecule has 0 bridgehead atoms. The summed E-state index contributed by atoms with van der Waals surface area (Å²) >= 11 is 5.98. The maximum Gasteiger partial charge on any atom is 0.228 e. The Hall–Kier alpha value is -1.06. The number of carbonyl (C=O) groups excluding carboxylic acids is 1. The fraction of sp³-hybridized carbons (Fsp3) is 0.300. The van der Waals surface area contributed by atoms with Crippen molar-refractivity contribution in [3.8, 4) is 0 Å². The molecular formula is C10H11ClN2O. The smallest absolute Gasteiger partial charge is 0.228 e. The van der Waals surface area contributed by atoms with Crippen molar-refractivity contribution in [2.45, 2.75) is 12.5 Å². The van der Waals surface area contributed by atoms with Gasteiger partial charge in [-0.3, -0.25) is 4.79 Å². The van der Waals surface area contributed by atoms with Gasteiger partial charge in [-0.25, -0.2) is 0 Å². The van der Waals surface area contributed by atoms with E-state index in [0.29, 0.717) is 18.0 Å². The number of carbonyl (C=O) groups is 1. The van der Waals surface area contributed by atoms with Gasteiger partial charge in [0.25, 0.3) is 0 Å². The van der Waals surface area contributed by atoms with E-state index in [-0.39, 0.29) is 11.9 Å². The van der Waals surface area contributed by atoms with Gasteiger partial charge in [-0.1, -0.05) is 23.7 Å². The zero-order chi connectivity index (χ0) is 10.1. The van der Waals surface area contributed by atoms with Crippen LogP contribution in [0.4, 0.5) is 5.69 Å². The van der Waals surface area contributed by atoms with Crippen molar-refractivity contribution >= 4 is 23.2 Å². The summed E-state index contributed by atoms with van der Waals surface area (Å²) in [4.78, 5) is 13.2. The Bertz CT molecular complexity index is 367. The number of anilines is 1. The van der Waals surface area contributed by atoms with Crippen LogP contribution in [-0.2, 0) is 4.79 Å². The van der Waals surface area contributed by atoms with Crippen LogP contribution >= 0.6 is 11.6 Å². The third-order valence-corrected chi connectivity index (χ3v) is 2.62. The zero-order valence-electron chi connectivity index (χ0n) is 7.61. The number of halogens is 1. The second-order valence-electron chi connectivity index (χ2n) is 3.42. The van der Waals surface area contributed by atoms with Crippen LogP contribution < -0.4 is 10.6 Å². The highest BCUT2D eigenvalue weighted by Crippen LogP contribution is 2.28. The number of nitrogens with zero attached hydrogens (tertiary/aromatic N) is 1. The van der Waals surface area contributed by atoms with Gasteiger partial charge < -0.3 is 10.6 Å². The van der Waals surface area contributed by atoms with Gasteiger partial charge in [-0.15, -0.1) is 0 Å². The molecule has 14 heavy (non-hydrogen) atoms. The van der Waals surface area contributed by atoms with E-state index in [0.717, 1.165) is 5.69 Å². The Kier molecular flexibility index (Phi) is 2.44. The number of para-hydroxylation sites is 1. The highest BCUT2D eigenvalue weighted by Gasteiger charge is 2.28. The van der Waals surface area contributed by atoms with Crippen LogP contribution in [0.5, 0.6) is 0 Å². The van der Waals surface area contributed by atoms with Gasteiger partial charge in [0.2, 0.25) is 5.91 Å². The molecule has 1 amide bonds. The molecule has 1 aromatic carbocycles. The molecule has 0 spiro atoms. The molecular weight excluding hydrogens is 200 g/mol. The minimum atomic E-state index is -0.0706. The first-order valence-electron chi connectivity index (χ1n) is 4.49. The average Bonchev–Trinajstić information content (AvgIpc) is 2.46. The number of hydrogen-bond acceptors (Lipinski definition) is 2. The summed E-state index contributed by atoms with van der Waals surface area (Å²) in [7, 11) is 0. The highest BCUT2D eigenvalue weighted by molar-refractivity contribution is 6.33. The van der Waals surface area contributed by atoms with Crippen LogP contribution in [0.3, 0.4) is 0 Å². The molecule has 1 aliphatic heterocycles. The minimum Gasteiger partial charge on any atom is -0.326 e. The Labute approximate surface area is 87.4 Å². The Balaban J connectivity index is 2.32. The van der Waals surface area contributed by atoms with E-state index in [4.69, 9.17) is 17.3 Å². The third-order valence-electron chi connectivity index (χ3n) is 2.30. The lowest BCUT2D eigenvalue weighted by Crippen LogP contribution is -2.28. The van der Waals surface area contributed by atoms with Gasteiger partial charge in [-0.05, 0) is 12.1 Å². The van der Waals surface area contributed by atoms with Crippen molar-refractivity contribution in [2.24, 2.45) is 5.73 Å². The van der Waals surface area contributed by atoms with E-state index in [2.05, 4.69) is 0 Å². The molecule has 2 N–H and O–H groups in total. The SMILES string of the molecule is N[C@H]1CC(=O)N(c2ccccc2Cl)C1. The molecule has 1 atom stereocenters.